The zero-order valence-corrected chi connectivity index (χ0v) is 12.3. The van der Waals surface area contributed by atoms with E-state index in [-0.39, 0.29) is 23.0 Å². The van der Waals surface area contributed by atoms with Crippen LogP contribution < -0.4 is 0 Å². The normalized spacial score (nSPS) is 40.5. The third kappa shape index (κ3) is 2.17. The van der Waals surface area contributed by atoms with Gasteiger partial charge < -0.3 is 4.74 Å². The molecule has 0 N–H and O–H groups in total. The van der Waals surface area contributed by atoms with Crippen LogP contribution >= 0.6 is 0 Å². The van der Waals surface area contributed by atoms with Crippen molar-refractivity contribution in [3.8, 4) is 6.07 Å². The summed E-state index contributed by atoms with van der Waals surface area (Å²) < 4.78 is 29.5. The van der Waals surface area contributed by atoms with E-state index in [0.717, 1.165) is 6.42 Å². The number of sulfone groups is 1. The molecule has 0 spiro atoms. The predicted octanol–water partition coefficient (Wildman–Crippen LogP) is 1.91. The number of rotatable bonds is 1. The Morgan fingerprint density at radius 3 is 2.22 bits per heavy atom. The predicted molar refractivity (Wildman–Crippen MR) is 68.7 cm³/mol. The molecule has 0 bridgehead atoms. The van der Waals surface area contributed by atoms with Gasteiger partial charge in [-0.15, -0.1) is 0 Å². The molecule has 2 fully saturated rings. The first-order valence-electron chi connectivity index (χ1n) is 6.34. The van der Waals surface area contributed by atoms with Crippen LogP contribution in [0.25, 0.3) is 0 Å². The quantitative estimate of drug-likeness (QED) is 0.730. The molecule has 0 aromatic heterocycles. The summed E-state index contributed by atoms with van der Waals surface area (Å²) in [6.45, 7) is 7.94. The molecule has 2 atom stereocenters. The standard InChI is InChI=1S/C13H21NO3S/c1-11(2)7-10(12(3,4)17-11)13(8-14)5-6-18(15,16)9-13/h10H,5-7,9H2,1-4H3. The van der Waals surface area contributed by atoms with E-state index < -0.39 is 20.9 Å². The van der Waals surface area contributed by atoms with Crippen molar-refractivity contribution in [1.29, 1.82) is 5.26 Å². The van der Waals surface area contributed by atoms with Crippen LogP contribution in [-0.4, -0.2) is 31.1 Å². The van der Waals surface area contributed by atoms with Crippen LogP contribution in [0.2, 0.25) is 0 Å². The van der Waals surface area contributed by atoms with Gasteiger partial charge in [0.1, 0.15) is 0 Å². The molecule has 5 heteroatoms. The minimum absolute atomic E-state index is 0.00988. The zero-order valence-electron chi connectivity index (χ0n) is 11.5. The third-order valence-electron chi connectivity index (χ3n) is 4.30. The smallest absolute Gasteiger partial charge is 0.151 e. The molecule has 0 amide bonds. The lowest BCUT2D eigenvalue weighted by atomic mass is 9.67. The molecular formula is C13H21NO3S. The van der Waals surface area contributed by atoms with Crippen LogP contribution in [0.4, 0.5) is 0 Å². The average molecular weight is 271 g/mol. The number of nitriles is 1. The molecular weight excluding hydrogens is 250 g/mol. The van der Waals surface area contributed by atoms with Crippen molar-refractivity contribution < 1.29 is 13.2 Å². The molecule has 2 heterocycles. The van der Waals surface area contributed by atoms with Crippen LogP contribution in [0.5, 0.6) is 0 Å². The molecule has 2 aliphatic rings. The maximum atomic E-state index is 11.7. The molecule has 0 aromatic rings. The number of ether oxygens (including phenoxy) is 1. The van der Waals surface area contributed by atoms with Crippen LogP contribution in [0.3, 0.4) is 0 Å². The second-order valence-corrected chi connectivity index (χ2v) is 9.02. The van der Waals surface area contributed by atoms with Gasteiger partial charge in [0.15, 0.2) is 9.84 Å². The van der Waals surface area contributed by atoms with E-state index in [1.807, 2.05) is 27.7 Å². The summed E-state index contributed by atoms with van der Waals surface area (Å²) in [6.07, 6.45) is 1.18. The molecule has 18 heavy (non-hydrogen) atoms. The van der Waals surface area contributed by atoms with Crippen LogP contribution in [0.15, 0.2) is 0 Å². The van der Waals surface area contributed by atoms with Gasteiger partial charge in [-0.05, 0) is 40.5 Å². The Bertz CT molecular complexity index is 501. The van der Waals surface area contributed by atoms with E-state index in [0.29, 0.717) is 6.42 Å². The molecule has 4 nitrogen and oxygen atoms in total. The molecule has 2 rings (SSSR count). The summed E-state index contributed by atoms with van der Waals surface area (Å²) >= 11 is 0. The molecule has 0 radical (unpaired) electrons. The summed E-state index contributed by atoms with van der Waals surface area (Å²) in [5.41, 5.74) is -1.50. The minimum atomic E-state index is -3.07. The summed E-state index contributed by atoms with van der Waals surface area (Å²) in [6, 6.07) is 2.31. The topological polar surface area (TPSA) is 67.2 Å². The van der Waals surface area contributed by atoms with E-state index in [2.05, 4.69) is 6.07 Å². The highest BCUT2D eigenvalue weighted by Crippen LogP contribution is 2.53. The fourth-order valence-corrected chi connectivity index (χ4v) is 5.75. The molecule has 0 saturated carbocycles. The summed E-state index contributed by atoms with van der Waals surface area (Å²) in [5.74, 6) is 0.0970. The maximum absolute atomic E-state index is 11.7. The lowest BCUT2D eigenvalue weighted by Crippen LogP contribution is -2.41. The fraction of sp³-hybridized carbons (Fsp3) is 0.923. The molecule has 2 saturated heterocycles. The van der Waals surface area contributed by atoms with Crippen LogP contribution in [0, 0.1) is 22.7 Å². The SMILES string of the molecule is CC1(C)CC(C2(C#N)CCS(=O)(=O)C2)C(C)(C)O1. The van der Waals surface area contributed by atoms with Crippen molar-refractivity contribution in [2.24, 2.45) is 11.3 Å². The highest BCUT2D eigenvalue weighted by Gasteiger charge is 2.59. The summed E-state index contributed by atoms with van der Waals surface area (Å²) in [5, 5.41) is 9.54. The number of hydrogen-bond donors (Lipinski definition) is 0. The Labute approximate surface area is 109 Å². The first-order valence-corrected chi connectivity index (χ1v) is 8.16. The lowest BCUT2D eigenvalue weighted by Gasteiger charge is -2.35. The van der Waals surface area contributed by atoms with Gasteiger partial charge in [0.2, 0.25) is 0 Å². The maximum Gasteiger partial charge on any atom is 0.151 e. The Kier molecular flexibility index (Phi) is 2.85. The van der Waals surface area contributed by atoms with Crippen molar-refractivity contribution >= 4 is 9.84 Å². The Morgan fingerprint density at radius 2 is 1.89 bits per heavy atom. The van der Waals surface area contributed by atoms with E-state index in [1.54, 1.807) is 0 Å². The number of hydrogen-bond acceptors (Lipinski definition) is 4. The van der Waals surface area contributed by atoms with Gasteiger partial charge in [-0.1, -0.05) is 0 Å². The highest BCUT2D eigenvalue weighted by molar-refractivity contribution is 7.91. The van der Waals surface area contributed by atoms with E-state index in [1.165, 1.54) is 0 Å². The average Bonchev–Trinajstić information content (AvgIpc) is 2.61. The van der Waals surface area contributed by atoms with Gasteiger partial charge in [-0.3, -0.25) is 0 Å². The van der Waals surface area contributed by atoms with Crippen molar-refractivity contribution in [3.63, 3.8) is 0 Å². The first-order chi connectivity index (χ1) is 8.02. The third-order valence-corrected chi connectivity index (χ3v) is 6.08. The Balaban J connectivity index is 2.39. The molecule has 2 aliphatic heterocycles. The zero-order chi connectivity index (χ0) is 13.8. The van der Waals surface area contributed by atoms with Crippen molar-refractivity contribution in [2.45, 2.75) is 51.7 Å². The van der Waals surface area contributed by atoms with E-state index in [4.69, 9.17) is 4.74 Å². The largest absolute Gasteiger partial charge is 0.369 e. The highest BCUT2D eigenvalue weighted by atomic mass is 32.2. The van der Waals surface area contributed by atoms with Gasteiger partial charge >= 0.3 is 0 Å². The van der Waals surface area contributed by atoms with Crippen molar-refractivity contribution in [1.82, 2.24) is 0 Å². The summed E-state index contributed by atoms with van der Waals surface area (Å²) in [4.78, 5) is 0. The van der Waals surface area contributed by atoms with E-state index in [9.17, 15) is 13.7 Å². The van der Waals surface area contributed by atoms with Gasteiger partial charge in [-0.2, -0.15) is 5.26 Å². The monoisotopic (exact) mass is 271 g/mol. The van der Waals surface area contributed by atoms with E-state index >= 15 is 0 Å². The second kappa shape index (κ2) is 3.71. The van der Waals surface area contributed by atoms with Gasteiger partial charge in [0.05, 0.1) is 34.2 Å². The Hall–Kier alpha value is -0.600. The van der Waals surface area contributed by atoms with Gasteiger partial charge in [0, 0.05) is 5.92 Å². The molecule has 0 aromatic carbocycles. The van der Waals surface area contributed by atoms with Gasteiger partial charge in [-0.25, -0.2) is 8.42 Å². The summed E-state index contributed by atoms with van der Waals surface area (Å²) in [7, 11) is -3.07. The molecule has 0 aliphatic carbocycles. The van der Waals surface area contributed by atoms with Crippen LogP contribution in [-0.2, 0) is 14.6 Å². The van der Waals surface area contributed by atoms with Crippen LogP contribution in [0.1, 0.15) is 40.5 Å². The second-order valence-electron chi connectivity index (χ2n) is 6.83. The molecule has 2 unspecified atom stereocenters. The molecule has 102 valence electrons. The minimum Gasteiger partial charge on any atom is -0.369 e. The fourth-order valence-electron chi connectivity index (χ4n) is 3.74. The first kappa shape index (κ1) is 13.8. The Morgan fingerprint density at radius 1 is 1.28 bits per heavy atom. The van der Waals surface area contributed by atoms with Crippen molar-refractivity contribution in [2.75, 3.05) is 11.5 Å². The van der Waals surface area contributed by atoms with Gasteiger partial charge in [0.25, 0.3) is 0 Å². The number of nitrogens with zero attached hydrogens (tertiary/aromatic N) is 1. The van der Waals surface area contributed by atoms with Crippen molar-refractivity contribution in [3.05, 3.63) is 0 Å². The lowest BCUT2D eigenvalue weighted by molar-refractivity contribution is -0.0831.